The number of hydrogen-bond acceptors (Lipinski definition) is 3. The zero-order chi connectivity index (χ0) is 13.8. The van der Waals surface area contributed by atoms with Crippen LogP contribution in [0.2, 0.25) is 0 Å². The average molecular weight is 327 g/mol. The largest absolute Gasteiger partial charge is 0.308 e. The smallest absolute Gasteiger partial charge is 0.124 e. The number of aromatic nitrogens is 3. The number of aryl methyl sites for hydroxylation is 1. The summed E-state index contributed by atoms with van der Waals surface area (Å²) in [4.78, 5) is 0. The Balaban J connectivity index is 2.40. The van der Waals surface area contributed by atoms with Crippen molar-refractivity contribution in [3.05, 3.63) is 45.9 Å². The summed E-state index contributed by atoms with van der Waals surface area (Å²) in [6.45, 7) is 2.88. The first-order chi connectivity index (χ1) is 9.15. The van der Waals surface area contributed by atoms with Crippen molar-refractivity contribution in [2.75, 3.05) is 7.05 Å². The minimum atomic E-state index is -0.265. The fraction of sp³-hybridized carbons (Fsp3) is 0.385. The van der Waals surface area contributed by atoms with E-state index in [1.54, 1.807) is 6.20 Å². The third-order valence-electron chi connectivity index (χ3n) is 2.89. The molecule has 4 nitrogen and oxygen atoms in total. The minimum absolute atomic E-state index is 0.131. The standard InChI is InChI=1S/C13H16BrFN4/c1-3-4-19-12(8-17-18-19)13(16-2)9-5-10(14)7-11(15)6-9/h5-8,13,16H,3-4H2,1-2H3. The maximum absolute atomic E-state index is 13.5. The lowest BCUT2D eigenvalue weighted by Crippen LogP contribution is -2.21. The summed E-state index contributed by atoms with van der Waals surface area (Å²) in [6, 6.07) is 4.73. The molecule has 0 saturated heterocycles. The highest BCUT2D eigenvalue weighted by Gasteiger charge is 2.18. The van der Waals surface area contributed by atoms with Crippen LogP contribution in [0.15, 0.2) is 28.9 Å². The Bertz CT molecular complexity index is 535. The summed E-state index contributed by atoms with van der Waals surface area (Å²) >= 11 is 3.32. The van der Waals surface area contributed by atoms with Crippen molar-refractivity contribution in [1.82, 2.24) is 20.3 Å². The summed E-state index contributed by atoms with van der Waals surface area (Å²) < 4.78 is 16.1. The Hall–Kier alpha value is -1.27. The lowest BCUT2D eigenvalue weighted by Gasteiger charge is -2.18. The second-order valence-electron chi connectivity index (χ2n) is 4.31. The van der Waals surface area contributed by atoms with Gasteiger partial charge in [0.05, 0.1) is 17.9 Å². The molecule has 1 unspecified atom stereocenters. The second-order valence-corrected chi connectivity index (χ2v) is 5.22. The van der Waals surface area contributed by atoms with E-state index in [1.807, 2.05) is 17.8 Å². The van der Waals surface area contributed by atoms with Gasteiger partial charge in [0.1, 0.15) is 5.82 Å². The third kappa shape index (κ3) is 3.19. The molecule has 0 aliphatic rings. The third-order valence-corrected chi connectivity index (χ3v) is 3.34. The van der Waals surface area contributed by atoms with Crippen LogP contribution in [0, 0.1) is 5.82 Å². The first kappa shape index (κ1) is 14.1. The zero-order valence-corrected chi connectivity index (χ0v) is 12.5. The maximum atomic E-state index is 13.5. The first-order valence-corrected chi connectivity index (χ1v) is 6.96. The van der Waals surface area contributed by atoms with Crippen molar-refractivity contribution in [1.29, 1.82) is 0 Å². The van der Waals surface area contributed by atoms with Crippen molar-refractivity contribution in [2.45, 2.75) is 25.9 Å². The van der Waals surface area contributed by atoms with Crippen LogP contribution >= 0.6 is 15.9 Å². The normalized spacial score (nSPS) is 12.6. The SMILES string of the molecule is CCCn1nncc1C(NC)c1cc(F)cc(Br)c1. The molecule has 0 aliphatic heterocycles. The van der Waals surface area contributed by atoms with Crippen LogP contribution in [0.4, 0.5) is 4.39 Å². The fourth-order valence-electron chi connectivity index (χ4n) is 2.10. The number of rotatable bonds is 5. The van der Waals surface area contributed by atoms with Crippen LogP contribution in [0.1, 0.15) is 30.6 Å². The molecule has 6 heteroatoms. The molecule has 1 atom stereocenters. The Kier molecular flexibility index (Phi) is 4.66. The molecule has 0 spiro atoms. The molecule has 2 aromatic rings. The molecular weight excluding hydrogens is 311 g/mol. The van der Waals surface area contributed by atoms with Crippen LogP contribution < -0.4 is 5.32 Å². The van der Waals surface area contributed by atoms with Crippen molar-refractivity contribution in [3.8, 4) is 0 Å². The molecule has 1 heterocycles. The summed E-state index contributed by atoms with van der Waals surface area (Å²) in [5.41, 5.74) is 1.77. The van der Waals surface area contributed by atoms with Gasteiger partial charge in [0.15, 0.2) is 0 Å². The van der Waals surface area contributed by atoms with Gasteiger partial charge in [-0.2, -0.15) is 0 Å². The van der Waals surface area contributed by atoms with Gasteiger partial charge in [-0.25, -0.2) is 9.07 Å². The van der Waals surface area contributed by atoms with E-state index in [-0.39, 0.29) is 11.9 Å². The second kappa shape index (κ2) is 6.25. The molecule has 0 aliphatic carbocycles. The van der Waals surface area contributed by atoms with Gasteiger partial charge in [0, 0.05) is 11.0 Å². The van der Waals surface area contributed by atoms with E-state index in [0.29, 0.717) is 0 Å². The summed E-state index contributed by atoms with van der Waals surface area (Å²) in [7, 11) is 1.84. The zero-order valence-electron chi connectivity index (χ0n) is 10.9. The van der Waals surface area contributed by atoms with Crippen LogP contribution in [0.5, 0.6) is 0 Å². The molecule has 1 aromatic carbocycles. The Morgan fingerprint density at radius 1 is 1.42 bits per heavy atom. The van der Waals surface area contributed by atoms with Gasteiger partial charge in [-0.15, -0.1) is 5.10 Å². The Morgan fingerprint density at radius 3 is 2.84 bits per heavy atom. The first-order valence-electron chi connectivity index (χ1n) is 6.17. The van der Waals surface area contributed by atoms with Crippen LogP contribution in [-0.4, -0.2) is 22.0 Å². The molecule has 2 rings (SSSR count). The van der Waals surface area contributed by atoms with Crippen LogP contribution in [0.3, 0.4) is 0 Å². The van der Waals surface area contributed by atoms with E-state index in [0.717, 1.165) is 28.7 Å². The quantitative estimate of drug-likeness (QED) is 0.918. The van der Waals surface area contributed by atoms with Crippen LogP contribution in [-0.2, 0) is 6.54 Å². The molecule has 1 aromatic heterocycles. The van der Waals surface area contributed by atoms with E-state index in [4.69, 9.17) is 0 Å². The van der Waals surface area contributed by atoms with Gasteiger partial charge in [0.2, 0.25) is 0 Å². The molecule has 19 heavy (non-hydrogen) atoms. The highest BCUT2D eigenvalue weighted by molar-refractivity contribution is 9.10. The Labute approximate surface area is 120 Å². The van der Waals surface area contributed by atoms with Gasteiger partial charge in [0.25, 0.3) is 0 Å². The molecule has 0 radical (unpaired) electrons. The highest BCUT2D eigenvalue weighted by atomic mass is 79.9. The van der Waals surface area contributed by atoms with E-state index in [1.165, 1.54) is 12.1 Å². The van der Waals surface area contributed by atoms with Gasteiger partial charge < -0.3 is 5.32 Å². The number of halogens is 2. The molecule has 0 fully saturated rings. The number of benzene rings is 1. The monoisotopic (exact) mass is 326 g/mol. The molecule has 1 N–H and O–H groups in total. The molecule has 0 saturated carbocycles. The summed E-state index contributed by atoms with van der Waals surface area (Å²) in [5, 5.41) is 11.2. The predicted octanol–water partition coefficient (Wildman–Crippen LogP) is 2.90. The van der Waals surface area contributed by atoms with Crippen molar-refractivity contribution >= 4 is 15.9 Å². The lowest BCUT2D eigenvalue weighted by atomic mass is 10.0. The fourth-order valence-corrected chi connectivity index (χ4v) is 2.58. The van der Waals surface area contributed by atoms with E-state index in [2.05, 4.69) is 38.5 Å². The molecule has 0 amide bonds. The number of nitrogens with zero attached hydrogens (tertiary/aromatic N) is 3. The molecule has 0 bridgehead atoms. The topological polar surface area (TPSA) is 42.7 Å². The minimum Gasteiger partial charge on any atom is -0.308 e. The highest BCUT2D eigenvalue weighted by Crippen LogP contribution is 2.25. The summed E-state index contributed by atoms with van der Waals surface area (Å²) in [6.07, 6.45) is 2.69. The lowest BCUT2D eigenvalue weighted by molar-refractivity contribution is 0.521. The van der Waals surface area contributed by atoms with Crippen LogP contribution in [0.25, 0.3) is 0 Å². The van der Waals surface area contributed by atoms with E-state index >= 15 is 0 Å². The molecular formula is C13H16BrFN4. The summed E-state index contributed by atoms with van der Waals surface area (Å²) in [5.74, 6) is -0.265. The van der Waals surface area contributed by atoms with Gasteiger partial charge in [-0.05, 0) is 37.2 Å². The van der Waals surface area contributed by atoms with Crippen molar-refractivity contribution in [3.63, 3.8) is 0 Å². The van der Waals surface area contributed by atoms with Gasteiger partial charge in [-0.3, -0.25) is 0 Å². The molecule has 102 valence electrons. The number of nitrogens with one attached hydrogen (secondary N) is 1. The Morgan fingerprint density at radius 2 is 2.21 bits per heavy atom. The number of hydrogen-bond donors (Lipinski definition) is 1. The van der Waals surface area contributed by atoms with Crippen molar-refractivity contribution in [2.24, 2.45) is 0 Å². The van der Waals surface area contributed by atoms with E-state index in [9.17, 15) is 4.39 Å². The predicted molar refractivity (Wildman–Crippen MR) is 75.3 cm³/mol. The van der Waals surface area contributed by atoms with Gasteiger partial charge in [-0.1, -0.05) is 28.1 Å². The van der Waals surface area contributed by atoms with Crippen molar-refractivity contribution < 1.29 is 4.39 Å². The average Bonchev–Trinajstić information content (AvgIpc) is 2.78. The maximum Gasteiger partial charge on any atom is 0.124 e. The van der Waals surface area contributed by atoms with E-state index < -0.39 is 0 Å². The van der Waals surface area contributed by atoms with Gasteiger partial charge >= 0.3 is 0 Å².